The Bertz CT molecular complexity index is 1090. The molecule has 180 valence electrons. The maximum absolute atomic E-state index is 13.4. The van der Waals surface area contributed by atoms with E-state index in [4.69, 9.17) is 33.7 Å². The monoisotopic (exact) mass is 503 g/mol. The van der Waals surface area contributed by atoms with Crippen LogP contribution in [0.3, 0.4) is 0 Å². The van der Waals surface area contributed by atoms with E-state index in [9.17, 15) is 14.4 Å². The fourth-order valence-electron chi connectivity index (χ4n) is 3.83. The first-order valence-electron chi connectivity index (χ1n) is 10.8. The third-order valence-electron chi connectivity index (χ3n) is 5.68. The van der Waals surface area contributed by atoms with Gasteiger partial charge in [-0.15, -0.1) is 0 Å². The molecular formula is C24H26ClN3O5S. The van der Waals surface area contributed by atoms with Crippen LogP contribution in [0, 0.1) is 5.92 Å². The standard InChI is InChI=1S/C24H26ClN3O5S/c1-3-19(14-4-6-15(7-5-14)23(30)31)27-24(32)28-13-21(34)26-12-17(22(28)29)10-16-11-18(25)8-9-20(16)33-2/h4-9,11,17,19H,3,10,12-13H2,1-2H3,(H,26,34)(H,27,32)(H,30,31)/t17-,19-/m1/s1. The van der Waals surface area contributed by atoms with E-state index in [1.54, 1.807) is 37.4 Å². The van der Waals surface area contributed by atoms with E-state index < -0.39 is 24.0 Å². The topological polar surface area (TPSA) is 108 Å². The Morgan fingerprint density at radius 3 is 2.62 bits per heavy atom. The van der Waals surface area contributed by atoms with E-state index in [0.29, 0.717) is 28.6 Å². The second-order valence-corrected chi connectivity index (χ2v) is 8.85. The Morgan fingerprint density at radius 1 is 1.29 bits per heavy atom. The molecule has 2 aromatic rings. The van der Waals surface area contributed by atoms with Gasteiger partial charge in [-0.2, -0.15) is 0 Å². The van der Waals surface area contributed by atoms with Gasteiger partial charge in [0, 0.05) is 11.6 Å². The molecule has 8 nitrogen and oxygen atoms in total. The molecule has 10 heteroatoms. The number of urea groups is 1. The lowest BCUT2D eigenvalue weighted by atomic mass is 9.97. The molecule has 34 heavy (non-hydrogen) atoms. The molecule has 0 aliphatic carbocycles. The van der Waals surface area contributed by atoms with Gasteiger partial charge in [0.25, 0.3) is 0 Å². The second-order valence-electron chi connectivity index (χ2n) is 7.92. The van der Waals surface area contributed by atoms with Crippen LogP contribution >= 0.6 is 23.8 Å². The summed E-state index contributed by atoms with van der Waals surface area (Å²) >= 11 is 11.5. The van der Waals surface area contributed by atoms with E-state index in [1.807, 2.05) is 6.92 Å². The van der Waals surface area contributed by atoms with E-state index in [1.165, 1.54) is 12.1 Å². The Hall–Kier alpha value is -3.17. The fraction of sp³-hybridized carbons (Fsp3) is 0.333. The zero-order chi connectivity index (χ0) is 24.8. The number of methoxy groups -OCH3 is 1. The minimum Gasteiger partial charge on any atom is -0.496 e. The number of carbonyl (C=O) groups is 3. The van der Waals surface area contributed by atoms with Gasteiger partial charge in [0.05, 0.1) is 36.2 Å². The van der Waals surface area contributed by atoms with Gasteiger partial charge in [0.1, 0.15) is 5.75 Å². The molecule has 1 saturated heterocycles. The van der Waals surface area contributed by atoms with Gasteiger partial charge in [-0.1, -0.05) is 42.9 Å². The summed E-state index contributed by atoms with van der Waals surface area (Å²) < 4.78 is 5.40. The molecule has 0 aromatic heterocycles. The van der Waals surface area contributed by atoms with Crippen molar-refractivity contribution in [1.82, 2.24) is 15.5 Å². The summed E-state index contributed by atoms with van der Waals surface area (Å²) in [5, 5.41) is 15.6. The molecule has 1 fully saturated rings. The Kier molecular flexibility index (Phi) is 8.46. The number of ether oxygens (including phenoxy) is 1. The van der Waals surface area contributed by atoms with Crippen LogP contribution in [0.5, 0.6) is 5.75 Å². The van der Waals surface area contributed by atoms with E-state index in [2.05, 4.69) is 10.6 Å². The van der Waals surface area contributed by atoms with Crippen LogP contribution in [0.1, 0.15) is 40.9 Å². The van der Waals surface area contributed by atoms with Crippen LogP contribution in [0.4, 0.5) is 4.79 Å². The maximum atomic E-state index is 13.4. The van der Waals surface area contributed by atoms with Gasteiger partial charge in [0.15, 0.2) is 0 Å². The van der Waals surface area contributed by atoms with Gasteiger partial charge < -0.3 is 20.5 Å². The van der Waals surface area contributed by atoms with Crippen LogP contribution in [-0.4, -0.2) is 53.1 Å². The Morgan fingerprint density at radius 2 is 2.00 bits per heavy atom. The number of nitrogens with zero attached hydrogens (tertiary/aromatic N) is 1. The summed E-state index contributed by atoms with van der Waals surface area (Å²) in [5.41, 5.74) is 1.65. The number of nitrogens with one attached hydrogen (secondary N) is 2. The average molecular weight is 504 g/mol. The summed E-state index contributed by atoms with van der Waals surface area (Å²) in [6, 6.07) is 10.5. The van der Waals surface area contributed by atoms with Crippen LogP contribution in [-0.2, 0) is 11.2 Å². The molecule has 0 spiro atoms. The van der Waals surface area contributed by atoms with E-state index >= 15 is 0 Å². The van der Waals surface area contributed by atoms with Crippen molar-refractivity contribution in [3.63, 3.8) is 0 Å². The molecular weight excluding hydrogens is 478 g/mol. The van der Waals surface area contributed by atoms with E-state index in [-0.39, 0.29) is 24.6 Å². The van der Waals surface area contributed by atoms with Crippen molar-refractivity contribution in [2.24, 2.45) is 5.92 Å². The first-order valence-corrected chi connectivity index (χ1v) is 11.6. The van der Waals surface area contributed by atoms with Crippen LogP contribution in [0.15, 0.2) is 42.5 Å². The van der Waals surface area contributed by atoms with Crippen molar-refractivity contribution in [1.29, 1.82) is 0 Å². The van der Waals surface area contributed by atoms with Gasteiger partial charge in [-0.05, 0) is 54.3 Å². The minimum atomic E-state index is -1.03. The van der Waals surface area contributed by atoms with E-state index in [0.717, 1.165) is 16.0 Å². The van der Waals surface area contributed by atoms with Crippen molar-refractivity contribution < 1.29 is 24.2 Å². The number of carbonyl (C=O) groups excluding carboxylic acids is 2. The van der Waals surface area contributed by atoms with Gasteiger partial charge >= 0.3 is 12.0 Å². The number of imide groups is 1. The molecule has 2 atom stereocenters. The predicted octanol–water partition coefficient (Wildman–Crippen LogP) is 3.83. The average Bonchev–Trinajstić information content (AvgIpc) is 2.96. The third-order valence-corrected chi connectivity index (χ3v) is 6.19. The second kappa shape index (κ2) is 11.3. The minimum absolute atomic E-state index is 0.0302. The van der Waals surface area contributed by atoms with Gasteiger partial charge in [-0.3, -0.25) is 9.69 Å². The molecule has 3 N–H and O–H groups in total. The third kappa shape index (κ3) is 6.03. The molecule has 2 aromatic carbocycles. The first kappa shape index (κ1) is 25.5. The molecule has 1 aliphatic rings. The van der Waals surface area contributed by atoms with Crippen molar-refractivity contribution in [2.75, 3.05) is 20.2 Å². The zero-order valence-corrected chi connectivity index (χ0v) is 20.4. The number of hydrogen-bond donors (Lipinski definition) is 3. The van der Waals surface area contributed by atoms with Crippen molar-refractivity contribution in [3.8, 4) is 5.75 Å². The number of aromatic carboxylic acids is 1. The highest BCUT2D eigenvalue weighted by Gasteiger charge is 2.34. The molecule has 3 rings (SSSR count). The smallest absolute Gasteiger partial charge is 0.335 e. The predicted molar refractivity (Wildman–Crippen MR) is 132 cm³/mol. The molecule has 0 unspecified atom stereocenters. The maximum Gasteiger partial charge on any atom is 0.335 e. The first-order chi connectivity index (χ1) is 16.2. The lowest BCUT2D eigenvalue weighted by Gasteiger charge is -2.26. The number of benzene rings is 2. The van der Waals surface area contributed by atoms with Crippen LogP contribution < -0.4 is 15.4 Å². The van der Waals surface area contributed by atoms with Gasteiger partial charge in [0.2, 0.25) is 5.91 Å². The Balaban J connectivity index is 1.79. The van der Waals surface area contributed by atoms with Crippen molar-refractivity contribution in [2.45, 2.75) is 25.8 Å². The lowest BCUT2D eigenvalue weighted by molar-refractivity contribution is -0.131. The van der Waals surface area contributed by atoms with Crippen molar-refractivity contribution >= 4 is 46.7 Å². The molecule has 1 heterocycles. The number of amides is 3. The largest absolute Gasteiger partial charge is 0.496 e. The lowest BCUT2D eigenvalue weighted by Crippen LogP contribution is -2.48. The quantitative estimate of drug-likeness (QED) is 0.493. The number of hydrogen-bond acceptors (Lipinski definition) is 5. The Labute approximate surface area is 208 Å². The van der Waals surface area contributed by atoms with Crippen molar-refractivity contribution in [3.05, 3.63) is 64.2 Å². The number of rotatable bonds is 7. The molecule has 0 saturated carbocycles. The summed E-state index contributed by atoms with van der Waals surface area (Å²) in [6.45, 7) is 2.14. The number of carboxylic acids is 1. The summed E-state index contributed by atoms with van der Waals surface area (Å²) in [7, 11) is 1.54. The number of carboxylic acid groups (broad SMARTS) is 1. The zero-order valence-electron chi connectivity index (χ0n) is 18.8. The summed E-state index contributed by atoms with van der Waals surface area (Å²) in [4.78, 5) is 39.2. The SMILES string of the molecule is CC[C@@H](NC(=O)N1CC(=S)NC[C@@H](Cc2cc(Cl)ccc2OC)C1=O)c1ccc(C(=O)O)cc1. The normalized spacial score (nSPS) is 16.9. The highest BCUT2D eigenvalue weighted by atomic mass is 35.5. The number of thiocarbonyl (C=S) groups is 1. The summed E-state index contributed by atoms with van der Waals surface area (Å²) in [6.07, 6.45) is 0.863. The highest BCUT2D eigenvalue weighted by Crippen LogP contribution is 2.26. The summed E-state index contributed by atoms with van der Waals surface area (Å²) in [5.74, 6) is -1.34. The van der Waals surface area contributed by atoms with Gasteiger partial charge in [-0.25, -0.2) is 9.59 Å². The van der Waals surface area contributed by atoms with Crippen LogP contribution in [0.2, 0.25) is 5.02 Å². The highest BCUT2D eigenvalue weighted by molar-refractivity contribution is 7.80. The molecule has 3 amide bonds. The molecule has 0 bridgehead atoms. The molecule has 0 radical (unpaired) electrons. The van der Waals surface area contributed by atoms with Crippen LogP contribution in [0.25, 0.3) is 0 Å². The fourth-order valence-corrected chi connectivity index (χ4v) is 4.24. The molecule has 1 aliphatic heterocycles. The number of halogens is 1.